The molecule has 0 bridgehead atoms. The number of alkyl halides is 2. The van der Waals surface area contributed by atoms with Gasteiger partial charge in [-0.2, -0.15) is 0 Å². The first-order valence-corrected chi connectivity index (χ1v) is 7.28. The lowest BCUT2D eigenvalue weighted by molar-refractivity contribution is -0.0972. The minimum absolute atomic E-state index is 0.0830. The van der Waals surface area contributed by atoms with Crippen LogP contribution in [-0.2, 0) is 22.8 Å². The second kappa shape index (κ2) is 8.39. The van der Waals surface area contributed by atoms with E-state index in [0.717, 1.165) is 24.3 Å². The topological polar surface area (TPSA) is 30.8 Å². The third kappa shape index (κ3) is 6.16. The number of hydrogen-bond donors (Lipinski definition) is 0. The Morgan fingerprint density at radius 3 is 2.00 bits per heavy atom. The van der Waals surface area contributed by atoms with Crippen molar-refractivity contribution < 1.29 is 18.4 Å². The molecular weight excluding hydrogens is 300 g/mol. The normalized spacial score (nSPS) is 13.2. The molecule has 0 heterocycles. The highest BCUT2D eigenvalue weighted by atomic mass is 19.3. The molecule has 0 fully saturated rings. The fraction of sp³-hybridized carbons (Fsp3) is 0.278. The molecule has 0 N–H and O–H groups in total. The van der Waals surface area contributed by atoms with Gasteiger partial charge < -0.3 is 9.57 Å². The van der Waals surface area contributed by atoms with E-state index in [1.807, 2.05) is 60.7 Å². The van der Waals surface area contributed by atoms with Gasteiger partial charge in [-0.1, -0.05) is 65.8 Å². The molecule has 0 saturated heterocycles. The van der Waals surface area contributed by atoms with Crippen molar-refractivity contribution in [3.8, 4) is 0 Å². The molecule has 23 heavy (non-hydrogen) atoms. The minimum Gasteiger partial charge on any atom is -0.391 e. The Morgan fingerprint density at radius 1 is 0.957 bits per heavy atom. The summed E-state index contributed by atoms with van der Waals surface area (Å²) in [5.41, 5.74) is 1.73. The van der Waals surface area contributed by atoms with Crippen molar-refractivity contribution >= 4 is 6.21 Å². The van der Waals surface area contributed by atoms with Gasteiger partial charge in [-0.05, 0) is 11.1 Å². The molecule has 5 heteroatoms. The maximum absolute atomic E-state index is 13.6. The van der Waals surface area contributed by atoms with E-state index in [4.69, 9.17) is 9.57 Å². The van der Waals surface area contributed by atoms with E-state index < -0.39 is 12.0 Å². The van der Waals surface area contributed by atoms with Crippen LogP contribution in [0.15, 0.2) is 65.8 Å². The average Bonchev–Trinajstić information content (AvgIpc) is 2.55. The maximum atomic E-state index is 13.6. The number of oxime groups is 1. The van der Waals surface area contributed by atoms with E-state index in [0.29, 0.717) is 0 Å². The van der Waals surface area contributed by atoms with Crippen LogP contribution in [0.4, 0.5) is 8.78 Å². The Balaban J connectivity index is 1.87. The Hall–Kier alpha value is -2.27. The molecule has 0 unspecified atom stereocenters. The van der Waals surface area contributed by atoms with Crippen molar-refractivity contribution in [2.45, 2.75) is 32.2 Å². The van der Waals surface area contributed by atoms with Crippen molar-refractivity contribution in [3.05, 3.63) is 71.8 Å². The van der Waals surface area contributed by atoms with Crippen molar-refractivity contribution in [3.63, 3.8) is 0 Å². The van der Waals surface area contributed by atoms with Crippen LogP contribution >= 0.6 is 0 Å². The van der Waals surface area contributed by atoms with E-state index in [2.05, 4.69) is 5.16 Å². The van der Waals surface area contributed by atoms with Crippen LogP contribution in [0.1, 0.15) is 18.1 Å². The maximum Gasteiger partial charge on any atom is 0.276 e. The number of halogens is 2. The highest BCUT2D eigenvalue weighted by Gasteiger charge is 2.34. The quantitative estimate of drug-likeness (QED) is 0.532. The summed E-state index contributed by atoms with van der Waals surface area (Å²) in [7, 11) is 0. The molecule has 1 atom stereocenters. The zero-order valence-corrected chi connectivity index (χ0v) is 12.9. The molecule has 0 aromatic heterocycles. The molecule has 0 saturated carbocycles. The summed E-state index contributed by atoms with van der Waals surface area (Å²) in [5, 5.41) is 3.62. The molecule has 0 aliphatic carbocycles. The molecule has 0 spiro atoms. The van der Waals surface area contributed by atoms with Crippen molar-refractivity contribution in [2.24, 2.45) is 5.16 Å². The Labute approximate surface area is 134 Å². The summed E-state index contributed by atoms with van der Waals surface area (Å²) in [4.78, 5) is 5.05. The minimum atomic E-state index is -3.05. The molecule has 0 amide bonds. The van der Waals surface area contributed by atoms with Gasteiger partial charge in [0, 0.05) is 6.92 Å². The molecular formula is C18H19F2NO2. The average molecular weight is 319 g/mol. The third-order valence-electron chi connectivity index (χ3n) is 3.12. The second-order valence-corrected chi connectivity index (χ2v) is 5.19. The van der Waals surface area contributed by atoms with E-state index in [-0.39, 0.29) is 13.2 Å². The van der Waals surface area contributed by atoms with Crippen LogP contribution in [0.3, 0.4) is 0 Å². The monoisotopic (exact) mass is 319 g/mol. The lowest BCUT2D eigenvalue weighted by Crippen LogP contribution is -2.34. The van der Waals surface area contributed by atoms with Gasteiger partial charge in [0.25, 0.3) is 5.92 Å². The highest BCUT2D eigenvalue weighted by molar-refractivity contribution is 5.63. The number of nitrogens with zero attached hydrogens (tertiary/aromatic N) is 1. The summed E-state index contributed by atoms with van der Waals surface area (Å²) < 4.78 is 32.4. The van der Waals surface area contributed by atoms with Crippen molar-refractivity contribution in [2.75, 3.05) is 0 Å². The Morgan fingerprint density at radius 2 is 1.48 bits per heavy atom. The Bertz CT molecular complexity index is 597. The predicted molar refractivity (Wildman–Crippen MR) is 85.4 cm³/mol. The SMILES string of the molecule is CC(F)(F)[C@@H](/C=N/OCc1ccccc1)OCc1ccccc1. The summed E-state index contributed by atoms with van der Waals surface area (Å²) >= 11 is 0. The summed E-state index contributed by atoms with van der Waals surface area (Å²) in [6.45, 7) is 1.10. The highest BCUT2D eigenvalue weighted by Crippen LogP contribution is 2.20. The standard InChI is InChI=1S/C18H19F2NO2/c1-18(19,20)17(22-13-15-8-4-2-5-9-15)12-21-23-14-16-10-6-3-7-11-16/h2-12,17H,13-14H2,1H3/b21-12+/t17-/m1/s1. The first-order valence-electron chi connectivity index (χ1n) is 7.28. The van der Waals surface area contributed by atoms with Crippen molar-refractivity contribution in [1.82, 2.24) is 0 Å². The van der Waals surface area contributed by atoms with Gasteiger partial charge in [0.15, 0.2) is 6.10 Å². The summed E-state index contributed by atoms with van der Waals surface area (Å²) in [6, 6.07) is 18.5. The molecule has 122 valence electrons. The van der Waals surface area contributed by atoms with E-state index in [9.17, 15) is 8.78 Å². The molecule has 0 aliphatic heterocycles. The van der Waals surface area contributed by atoms with Gasteiger partial charge in [0.05, 0.1) is 12.8 Å². The number of benzene rings is 2. The van der Waals surface area contributed by atoms with Gasteiger partial charge in [-0.3, -0.25) is 0 Å². The third-order valence-corrected chi connectivity index (χ3v) is 3.12. The van der Waals surface area contributed by atoms with Crippen LogP contribution < -0.4 is 0 Å². The van der Waals surface area contributed by atoms with Gasteiger partial charge >= 0.3 is 0 Å². The van der Waals surface area contributed by atoms with Crippen LogP contribution in [0, 0.1) is 0 Å². The molecule has 2 aromatic carbocycles. The fourth-order valence-corrected chi connectivity index (χ4v) is 1.86. The number of rotatable bonds is 8. The second-order valence-electron chi connectivity index (χ2n) is 5.19. The zero-order chi connectivity index (χ0) is 16.5. The zero-order valence-electron chi connectivity index (χ0n) is 12.9. The van der Waals surface area contributed by atoms with E-state index >= 15 is 0 Å². The lowest BCUT2D eigenvalue weighted by Gasteiger charge is -2.20. The fourth-order valence-electron chi connectivity index (χ4n) is 1.86. The first-order chi connectivity index (χ1) is 11.1. The van der Waals surface area contributed by atoms with Crippen LogP contribution in [0.5, 0.6) is 0 Å². The van der Waals surface area contributed by atoms with Gasteiger partial charge in [0.1, 0.15) is 6.61 Å². The number of hydrogen-bond acceptors (Lipinski definition) is 3. The lowest BCUT2D eigenvalue weighted by atomic mass is 10.2. The summed E-state index contributed by atoms with van der Waals surface area (Å²) in [5.74, 6) is -3.05. The molecule has 2 rings (SSSR count). The molecule has 3 nitrogen and oxygen atoms in total. The van der Waals surface area contributed by atoms with Gasteiger partial charge in [-0.25, -0.2) is 8.78 Å². The van der Waals surface area contributed by atoms with E-state index in [1.54, 1.807) is 0 Å². The van der Waals surface area contributed by atoms with Crippen LogP contribution in [0.2, 0.25) is 0 Å². The largest absolute Gasteiger partial charge is 0.391 e. The van der Waals surface area contributed by atoms with E-state index in [1.165, 1.54) is 0 Å². The molecule has 0 radical (unpaired) electrons. The molecule has 2 aromatic rings. The first kappa shape index (κ1) is 17.1. The number of ether oxygens (including phenoxy) is 1. The van der Waals surface area contributed by atoms with Crippen LogP contribution in [-0.4, -0.2) is 18.2 Å². The van der Waals surface area contributed by atoms with Crippen LogP contribution in [0.25, 0.3) is 0 Å². The van der Waals surface area contributed by atoms with Crippen molar-refractivity contribution in [1.29, 1.82) is 0 Å². The summed E-state index contributed by atoms with van der Waals surface area (Å²) in [6.07, 6.45) is -0.440. The Kier molecular flexibility index (Phi) is 6.23. The molecule has 0 aliphatic rings. The smallest absolute Gasteiger partial charge is 0.276 e. The van der Waals surface area contributed by atoms with Gasteiger partial charge in [-0.15, -0.1) is 0 Å². The van der Waals surface area contributed by atoms with Gasteiger partial charge in [0.2, 0.25) is 0 Å². The predicted octanol–water partition coefficient (Wildman–Crippen LogP) is 4.43.